The molecule has 0 saturated heterocycles. The van der Waals surface area contributed by atoms with Crippen LogP contribution in [0.25, 0.3) is 0 Å². The van der Waals surface area contributed by atoms with Crippen LogP contribution in [0.15, 0.2) is 54.6 Å². The van der Waals surface area contributed by atoms with Crippen LogP contribution in [0.5, 0.6) is 5.75 Å². The average molecular weight is 299 g/mol. The number of likely N-dealkylation sites (N-methyl/N-ethyl adjacent to an activating group) is 1. The summed E-state index contributed by atoms with van der Waals surface area (Å²) in [7, 11) is 1.62. The van der Waals surface area contributed by atoms with Crippen molar-refractivity contribution in [2.45, 2.75) is 13.0 Å². The third-order valence-electron chi connectivity index (χ3n) is 3.19. The van der Waals surface area contributed by atoms with Crippen molar-refractivity contribution < 1.29 is 19.4 Å². The van der Waals surface area contributed by atoms with E-state index in [4.69, 9.17) is 4.74 Å². The second-order valence-corrected chi connectivity index (χ2v) is 4.83. The third kappa shape index (κ3) is 3.63. The van der Waals surface area contributed by atoms with Gasteiger partial charge in [0.25, 0.3) is 5.91 Å². The van der Waals surface area contributed by atoms with Crippen molar-refractivity contribution in [3.8, 4) is 5.75 Å². The Hall–Kier alpha value is -2.82. The number of phenols is 1. The van der Waals surface area contributed by atoms with Crippen molar-refractivity contribution >= 4 is 17.6 Å². The summed E-state index contributed by atoms with van der Waals surface area (Å²) in [4.78, 5) is 25.7. The molecule has 1 unspecified atom stereocenters. The van der Waals surface area contributed by atoms with Gasteiger partial charge in [-0.15, -0.1) is 0 Å². The molecule has 2 aromatic carbocycles. The largest absolute Gasteiger partial charge is 0.508 e. The fourth-order valence-electron chi connectivity index (χ4n) is 1.96. The van der Waals surface area contributed by atoms with Gasteiger partial charge in [0, 0.05) is 12.7 Å². The van der Waals surface area contributed by atoms with Crippen LogP contribution in [-0.2, 0) is 9.53 Å². The van der Waals surface area contributed by atoms with E-state index in [-0.39, 0.29) is 17.2 Å². The minimum absolute atomic E-state index is 0.0326. The summed E-state index contributed by atoms with van der Waals surface area (Å²) in [6.07, 6.45) is -0.931. The smallest absolute Gasteiger partial charge is 0.339 e. The van der Waals surface area contributed by atoms with Crippen molar-refractivity contribution in [3.05, 3.63) is 60.2 Å². The summed E-state index contributed by atoms with van der Waals surface area (Å²) in [6, 6.07) is 14.9. The van der Waals surface area contributed by atoms with Crippen LogP contribution >= 0.6 is 0 Å². The molecular weight excluding hydrogens is 282 g/mol. The summed E-state index contributed by atoms with van der Waals surface area (Å²) < 4.78 is 5.15. The van der Waals surface area contributed by atoms with Gasteiger partial charge in [-0.05, 0) is 37.3 Å². The number of carbonyl (C=O) groups is 2. The third-order valence-corrected chi connectivity index (χ3v) is 3.19. The number of aromatic hydroxyl groups is 1. The molecule has 5 heteroatoms. The van der Waals surface area contributed by atoms with Gasteiger partial charge in [0.2, 0.25) is 0 Å². The maximum atomic E-state index is 12.3. The molecule has 0 bridgehead atoms. The number of hydrogen-bond donors (Lipinski definition) is 1. The molecule has 0 aliphatic rings. The summed E-state index contributed by atoms with van der Waals surface area (Å²) in [5.74, 6) is -1.02. The number of anilines is 1. The first-order chi connectivity index (χ1) is 10.5. The molecule has 0 aliphatic heterocycles. The molecular formula is C17H17NO4. The minimum atomic E-state index is -0.931. The van der Waals surface area contributed by atoms with E-state index in [1.165, 1.54) is 36.1 Å². The lowest BCUT2D eigenvalue weighted by Crippen LogP contribution is -2.37. The number of carbonyl (C=O) groups excluding carboxylic acids is 2. The highest BCUT2D eigenvalue weighted by molar-refractivity contribution is 5.98. The number of hydrogen-bond acceptors (Lipinski definition) is 4. The fraction of sp³-hybridized carbons (Fsp3) is 0.176. The van der Waals surface area contributed by atoms with Crippen LogP contribution in [0.4, 0.5) is 5.69 Å². The standard InChI is InChI=1S/C17H17NO4/c1-12(16(20)18(2)14-8-4-3-5-9-14)22-17(21)13-7-6-10-15(19)11-13/h3-12,19H,1-2H3. The highest BCUT2D eigenvalue weighted by Gasteiger charge is 2.23. The molecule has 1 amide bonds. The van der Waals surface area contributed by atoms with Gasteiger partial charge in [-0.3, -0.25) is 4.79 Å². The van der Waals surface area contributed by atoms with Crippen molar-refractivity contribution in [1.82, 2.24) is 0 Å². The molecule has 2 aromatic rings. The highest BCUT2D eigenvalue weighted by Crippen LogP contribution is 2.15. The second kappa shape index (κ2) is 6.76. The Morgan fingerprint density at radius 2 is 1.77 bits per heavy atom. The highest BCUT2D eigenvalue weighted by atomic mass is 16.5. The van der Waals surface area contributed by atoms with Gasteiger partial charge in [-0.25, -0.2) is 4.79 Å². The zero-order valence-corrected chi connectivity index (χ0v) is 12.4. The van der Waals surface area contributed by atoms with Crippen LogP contribution in [0.3, 0.4) is 0 Å². The van der Waals surface area contributed by atoms with Gasteiger partial charge < -0.3 is 14.7 Å². The molecule has 0 fully saturated rings. The van der Waals surface area contributed by atoms with Crippen molar-refractivity contribution in [2.24, 2.45) is 0 Å². The van der Waals surface area contributed by atoms with Gasteiger partial charge in [0.05, 0.1) is 5.56 Å². The Balaban J connectivity index is 2.04. The zero-order valence-electron chi connectivity index (χ0n) is 12.4. The predicted molar refractivity (Wildman–Crippen MR) is 82.8 cm³/mol. The normalized spacial score (nSPS) is 11.5. The van der Waals surface area contributed by atoms with E-state index in [1.54, 1.807) is 19.2 Å². The number of ether oxygens (including phenoxy) is 1. The number of phenolic OH excluding ortho intramolecular Hbond substituents is 1. The lowest BCUT2D eigenvalue weighted by Gasteiger charge is -2.21. The molecule has 0 aliphatic carbocycles. The SMILES string of the molecule is CC(OC(=O)c1cccc(O)c1)C(=O)N(C)c1ccccc1. The monoisotopic (exact) mass is 299 g/mol. The maximum absolute atomic E-state index is 12.3. The first kappa shape index (κ1) is 15.6. The van der Waals surface area contributed by atoms with E-state index in [0.29, 0.717) is 5.69 Å². The van der Waals surface area contributed by atoms with Crippen molar-refractivity contribution in [3.63, 3.8) is 0 Å². The Labute approximate surface area is 128 Å². The summed E-state index contributed by atoms with van der Waals surface area (Å²) in [5.41, 5.74) is 0.912. The maximum Gasteiger partial charge on any atom is 0.339 e. The van der Waals surface area contributed by atoms with Crippen molar-refractivity contribution in [1.29, 1.82) is 0 Å². The Bertz CT molecular complexity index is 669. The van der Waals surface area contributed by atoms with Gasteiger partial charge in [-0.1, -0.05) is 24.3 Å². The number of benzene rings is 2. The van der Waals surface area contributed by atoms with E-state index in [0.717, 1.165) is 0 Å². The van der Waals surface area contributed by atoms with E-state index < -0.39 is 12.1 Å². The molecule has 0 saturated carbocycles. The van der Waals surface area contributed by atoms with Crippen LogP contribution < -0.4 is 4.90 Å². The first-order valence-electron chi connectivity index (χ1n) is 6.81. The Morgan fingerprint density at radius 1 is 1.09 bits per heavy atom. The quantitative estimate of drug-likeness (QED) is 0.881. The second-order valence-electron chi connectivity index (χ2n) is 4.83. The summed E-state index contributed by atoms with van der Waals surface area (Å²) in [5, 5.41) is 9.36. The van der Waals surface area contributed by atoms with Crippen LogP contribution in [0, 0.1) is 0 Å². The fourth-order valence-corrected chi connectivity index (χ4v) is 1.96. The number of para-hydroxylation sites is 1. The molecule has 0 radical (unpaired) electrons. The van der Waals surface area contributed by atoms with E-state index in [2.05, 4.69) is 0 Å². The molecule has 114 valence electrons. The molecule has 1 atom stereocenters. The Kier molecular flexibility index (Phi) is 4.78. The van der Waals surface area contributed by atoms with E-state index >= 15 is 0 Å². The first-order valence-corrected chi connectivity index (χ1v) is 6.81. The molecule has 2 rings (SSSR count). The van der Waals surface area contributed by atoms with Gasteiger partial charge in [0.15, 0.2) is 6.10 Å². The van der Waals surface area contributed by atoms with Crippen molar-refractivity contribution in [2.75, 3.05) is 11.9 Å². The molecule has 0 spiro atoms. The average Bonchev–Trinajstić information content (AvgIpc) is 2.54. The number of nitrogens with zero attached hydrogens (tertiary/aromatic N) is 1. The van der Waals surface area contributed by atoms with Crippen LogP contribution in [-0.4, -0.2) is 30.1 Å². The molecule has 5 nitrogen and oxygen atoms in total. The predicted octanol–water partition coefficient (Wildman–Crippen LogP) is 2.60. The molecule has 0 heterocycles. The van der Waals surface area contributed by atoms with Gasteiger partial charge in [0.1, 0.15) is 5.75 Å². The van der Waals surface area contributed by atoms with Crippen LogP contribution in [0.1, 0.15) is 17.3 Å². The van der Waals surface area contributed by atoms with Gasteiger partial charge >= 0.3 is 5.97 Å². The summed E-state index contributed by atoms with van der Waals surface area (Å²) >= 11 is 0. The summed E-state index contributed by atoms with van der Waals surface area (Å²) in [6.45, 7) is 1.52. The minimum Gasteiger partial charge on any atom is -0.508 e. The number of esters is 1. The Morgan fingerprint density at radius 3 is 2.41 bits per heavy atom. The topological polar surface area (TPSA) is 66.8 Å². The lowest BCUT2D eigenvalue weighted by atomic mass is 10.2. The molecule has 0 aromatic heterocycles. The number of rotatable bonds is 4. The van der Waals surface area contributed by atoms with E-state index in [1.807, 2.05) is 18.2 Å². The number of amides is 1. The van der Waals surface area contributed by atoms with Crippen LogP contribution in [0.2, 0.25) is 0 Å². The zero-order chi connectivity index (χ0) is 16.1. The molecule has 22 heavy (non-hydrogen) atoms. The molecule has 1 N–H and O–H groups in total. The lowest BCUT2D eigenvalue weighted by molar-refractivity contribution is -0.126. The van der Waals surface area contributed by atoms with Gasteiger partial charge in [-0.2, -0.15) is 0 Å². The van der Waals surface area contributed by atoms with E-state index in [9.17, 15) is 14.7 Å².